The molecule has 1 heterocycles. The molecule has 0 aliphatic rings. The fraction of sp³-hybridized carbons (Fsp3) is 0.800. The molecular formula is C15H29BrN2. The quantitative estimate of drug-likeness (QED) is 0.449. The highest BCUT2D eigenvalue weighted by molar-refractivity contribution is 4.66. The van der Waals surface area contributed by atoms with Gasteiger partial charge < -0.3 is 17.0 Å². The Bertz CT molecular complexity index is 284. The van der Waals surface area contributed by atoms with Crippen LogP contribution in [0.2, 0.25) is 0 Å². The molecule has 0 unspecified atom stereocenters. The summed E-state index contributed by atoms with van der Waals surface area (Å²) in [6.45, 7) is 6.87. The molecule has 0 amide bonds. The van der Waals surface area contributed by atoms with Gasteiger partial charge in [0.15, 0.2) is 0 Å². The van der Waals surface area contributed by atoms with Crippen molar-refractivity contribution >= 4 is 0 Å². The van der Waals surface area contributed by atoms with Crippen molar-refractivity contribution in [3.05, 3.63) is 18.7 Å². The van der Waals surface area contributed by atoms with Gasteiger partial charge in [0.05, 0.1) is 13.1 Å². The summed E-state index contributed by atoms with van der Waals surface area (Å²) < 4.78 is 4.63. The molecule has 0 atom stereocenters. The van der Waals surface area contributed by atoms with Crippen LogP contribution in [0.3, 0.4) is 0 Å². The van der Waals surface area contributed by atoms with E-state index in [0.717, 1.165) is 0 Å². The third-order valence-corrected chi connectivity index (χ3v) is 3.29. The zero-order valence-corrected chi connectivity index (χ0v) is 13.7. The molecule has 0 aliphatic carbocycles. The normalized spacial score (nSPS) is 10.3. The maximum Gasteiger partial charge on any atom is 0.243 e. The molecule has 0 spiro atoms. The number of rotatable bonds is 10. The predicted octanol–water partition coefficient (Wildman–Crippen LogP) is 0.940. The summed E-state index contributed by atoms with van der Waals surface area (Å²) >= 11 is 0. The summed E-state index contributed by atoms with van der Waals surface area (Å²) in [4.78, 5) is 0. The van der Waals surface area contributed by atoms with E-state index in [0.29, 0.717) is 0 Å². The van der Waals surface area contributed by atoms with Crippen LogP contribution in [0.15, 0.2) is 18.7 Å². The van der Waals surface area contributed by atoms with Gasteiger partial charge in [-0.05, 0) is 19.3 Å². The van der Waals surface area contributed by atoms with Gasteiger partial charge in [-0.25, -0.2) is 9.13 Å². The number of halogens is 1. The third-order valence-electron chi connectivity index (χ3n) is 3.29. The van der Waals surface area contributed by atoms with E-state index in [1.807, 2.05) is 0 Å². The van der Waals surface area contributed by atoms with Crippen molar-refractivity contribution in [3.63, 3.8) is 0 Å². The molecule has 0 aromatic carbocycles. The molecule has 0 saturated carbocycles. The van der Waals surface area contributed by atoms with Crippen LogP contribution in [0, 0.1) is 0 Å². The van der Waals surface area contributed by atoms with Crippen molar-refractivity contribution in [1.82, 2.24) is 4.57 Å². The number of imidazole rings is 1. The van der Waals surface area contributed by atoms with Crippen LogP contribution in [-0.2, 0) is 13.1 Å². The number of unbranched alkanes of at least 4 members (excludes halogenated alkanes) is 6. The molecule has 0 N–H and O–H groups in total. The van der Waals surface area contributed by atoms with Gasteiger partial charge in [-0.2, -0.15) is 0 Å². The van der Waals surface area contributed by atoms with Gasteiger partial charge in [0.1, 0.15) is 12.4 Å². The molecule has 0 fully saturated rings. The Hall–Kier alpha value is -0.310. The Morgan fingerprint density at radius 2 is 1.56 bits per heavy atom. The van der Waals surface area contributed by atoms with Crippen molar-refractivity contribution in [3.8, 4) is 0 Å². The second-order valence-electron chi connectivity index (χ2n) is 5.01. The Labute approximate surface area is 123 Å². The van der Waals surface area contributed by atoms with Gasteiger partial charge in [-0.15, -0.1) is 0 Å². The summed E-state index contributed by atoms with van der Waals surface area (Å²) in [6, 6.07) is 0. The first-order valence-corrected chi connectivity index (χ1v) is 7.41. The molecule has 1 rings (SSSR count). The Balaban J connectivity index is 0.00000289. The number of hydrogen-bond donors (Lipinski definition) is 0. The highest BCUT2D eigenvalue weighted by Crippen LogP contribution is 2.05. The zero-order chi connectivity index (χ0) is 12.3. The standard InChI is InChI=1S/C15H29N2.BrH/c1-3-5-7-8-9-10-12-17-14-13-16(15-17)11-6-4-2;/h13-15H,3-12H2,1-2H3;1H/q+1;/p-1. The van der Waals surface area contributed by atoms with E-state index in [4.69, 9.17) is 0 Å². The van der Waals surface area contributed by atoms with Crippen molar-refractivity contribution in [2.75, 3.05) is 0 Å². The first-order valence-electron chi connectivity index (χ1n) is 7.41. The topological polar surface area (TPSA) is 8.81 Å². The van der Waals surface area contributed by atoms with E-state index in [9.17, 15) is 0 Å². The Kier molecular flexibility index (Phi) is 11.6. The summed E-state index contributed by atoms with van der Waals surface area (Å²) in [6.07, 6.45) is 17.5. The molecule has 18 heavy (non-hydrogen) atoms. The van der Waals surface area contributed by atoms with E-state index < -0.39 is 0 Å². The second-order valence-corrected chi connectivity index (χ2v) is 5.01. The summed E-state index contributed by atoms with van der Waals surface area (Å²) in [5.74, 6) is 0. The molecule has 0 radical (unpaired) electrons. The van der Waals surface area contributed by atoms with E-state index >= 15 is 0 Å². The Morgan fingerprint density at radius 3 is 2.28 bits per heavy atom. The third kappa shape index (κ3) is 7.91. The number of aromatic nitrogens is 2. The maximum atomic E-state index is 2.33. The summed E-state index contributed by atoms with van der Waals surface area (Å²) in [7, 11) is 0. The molecule has 0 bridgehead atoms. The minimum absolute atomic E-state index is 0. The van der Waals surface area contributed by atoms with Crippen molar-refractivity contribution in [2.24, 2.45) is 0 Å². The molecule has 1 aromatic rings. The van der Waals surface area contributed by atoms with Crippen LogP contribution < -0.4 is 21.5 Å². The van der Waals surface area contributed by atoms with E-state index in [2.05, 4.69) is 41.7 Å². The van der Waals surface area contributed by atoms with E-state index in [1.54, 1.807) is 0 Å². The van der Waals surface area contributed by atoms with Crippen molar-refractivity contribution < 1.29 is 21.5 Å². The maximum absolute atomic E-state index is 2.33. The van der Waals surface area contributed by atoms with Gasteiger partial charge >= 0.3 is 0 Å². The first-order chi connectivity index (χ1) is 8.36. The van der Waals surface area contributed by atoms with Gasteiger partial charge in [-0.3, -0.25) is 0 Å². The predicted molar refractivity (Wildman–Crippen MR) is 72.9 cm³/mol. The largest absolute Gasteiger partial charge is 1.00 e. The SMILES string of the molecule is CCCCCCCCn1cc[n+](CCCC)c1.[Br-]. The van der Waals surface area contributed by atoms with E-state index in [-0.39, 0.29) is 17.0 Å². The van der Waals surface area contributed by atoms with Crippen molar-refractivity contribution in [2.45, 2.75) is 78.3 Å². The number of hydrogen-bond acceptors (Lipinski definition) is 0. The minimum atomic E-state index is 0. The van der Waals surface area contributed by atoms with Crippen LogP contribution in [0.4, 0.5) is 0 Å². The smallest absolute Gasteiger partial charge is 0.243 e. The highest BCUT2D eigenvalue weighted by atomic mass is 79.9. The molecular weight excluding hydrogens is 288 g/mol. The van der Waals surface area contributed by atoms with Crippen LogP contribution in [0.1, 0.15) is 65.2 Å². The molecule has 1 aromatic heterocycles. The van der Waals surface area contributed by atoms with Crippen LogP contribution >= 0.6 is 0 Å². The number of nitrogens with zero attached hydrogens (tertiary/aromatic N) is 2. The lowest BCUT2D eigenvalue weighted by molar-refractivity contribution is -0.696. The van der Waals surface area contributed by atoms with Gasteiger partial charge in [-0.1, -0.05) is 46.0 Å². The minimum Gasteiger partial charge on any atom is -1.00 e. The molecule has 3 heteroatoms. The van der Waals surface area contributed by atoms with Crippen molar-refractivity contribution in [1.29, 1.82) is 0 Å². The summed E-state index contributed by atoms with van der Waals surface area (Å²) in [5.41, 5.74) is 0. The zero-order valence-electron chi connectivity index (χ0n) is 12.1. The van der Waals surface area contributed by atoms with Gasteiger partial charge in [0.25, 0.3) is 0 Å². The second kappa shape index (κ2) is 11.8. The average Bonchev–Trinajstić information content (AvgIpc) is 2.79. The monoisotopic (exact) mass is 316 g/mol. The fourth-order valence-electron chi connectivity index (χ4n) is 2.12. The Morgan fingerprint density at radius 1 is 0.889 bits per heavy atom. The molecule has 0 aliphatic heterocycles. The van der Waals surface area contributed by atoms with Crippen LogP contribution in [-0.4, -0.2) is 4.57 Å². The molecule has 0 saturated heterocycles. The number of aryl methyl sites for hydroxylation is 2. The first kappa shape index (κ1) is 17.7. The summed E-state index contributed by atoms with van der Waals surface area (Å²) in [5, 5.41) is 0. The lowest BCUT2D eigenvalue weighted by Gasteiger charge is -1.98. The fourth-order valence-corrected chi connectivity index (χ4v) is 2.12. The lowest BCUT2D eigenvalue weighted by atomic mass is 10.1. The highest BCUT2D eigenvalue weighted by Gasteiger charge is 2.02. The van der Waals surface area contributed by atoms with E-state index in [1.165, 1.54) is 64.5 Å². The molecule has 106 valence electrons. The lowest BCUT2D eigenvalue weighted by Crippen LogP contribution is -3.00. The van der Waals surface area contributed by atoms with Gasteiger partial charge in [0, 0.05) is 0 Å². The van der Waals surface area contributed by atoms with Crippen LogP contribution in [0.5, 0.6) is 0 Å². The van der Waals surface area contributed by atoms with Gasteiger partial charge in [0.2, 0.25) is 6.33 Å². The average molecular weight is 317 g/mol. The van der Waals surface area contributed by atoms with Crippen LogP contribution in [0.25, 0.3) is 0 Å². The molecule has 2 nitrogen and oxygen atoms in total.